The van der Waals surface area contributed by atoms with E-state index in [9.17, 15) is 9.59 Å². The van der Waals surface area contributed by atoms with Gasteiger partial charge in [0, 0.05) is 12.9 Å². The molecule has 0 aromatic rings. The van der Waals surface area contributed by atoms with E-state index in [0.29, 0.717) is 12.2 Å². The Morgan fingerprint density at radius 3 is 2.83 bits per heavy atom. The van der Waals surface area contributed by atoms with Crippen LogP contribution in [0.25, 0.3) is 0 Å². The number of nitrogens with one attached hydrogen (secondary N) is 1. The van der Waals surface area contributed by atoms with Crippen LogP contribution in [0.1, 0.15) is 14.8 Å². The molecule has 0 unspecified atom stereocenters. The van der Waals surface area contributed by atoms with E-state index in [1.165, 1.54) is 0 Å². The number of carbonyl (C=O) groups is 2. The summed E-state index contributed by atoms with van der Waals surface area (Å²) in [6, 6.07) is 0.126. The van der Waals surface area contributed by atoms with Crippen LogP contribution in [0.2, 0.25) is 0 Å². The van der Waals surface area contributed by atoms with Crippen molar-refractivity contribution in [2.75, 3.05) is 6.61 Å². The Hall–Kier alpha value is -2.04. The summed E-state index contributed by atoms with van der Waals surface area (Å²) >= 11 is 0. The lowest BCUT2D eigenvalue weighted by Gasteiger charge is -2.05. The first-order valence-corrected chi connectivity index (χ1v) is 5.79. The third-order valence-corrected chi connectivity index (χ3v) is 3.19. The second-order valence-electron chi connectivity index (χ2n) is 4.34. The summed E-state index contributed by atoms with van der Waals surface area (Å²) in [6.07, 6.45) is 7.54. The van der Waals surface area contributed by atoms with Gasteiger partial charge in [-0.3, -0.25) is 4.79 Å². The number of fused-ring (bicyclic) bond motifs is 1. The monoisotopic (exact) mass is 251 g/mol. The topological polar surface area (TPSA) is 75.6 Å². The Morgan fingerprint density at radius 2 is 2.33 bits per heavy atom. The number of amides is 1. The fourth-order valence-electron chi connectivity index (χ4n) is 2.12. The van der Waals surface area contributed by atoms with Crippen molar-refractivity contribution in [2.24, 2.45) is 5.92 Å². The molecule has 5 heteroatoms. The zero-order valence-electron chi connectivity index (χ0n) is 10.1. The highest BCUT2D eigenvalue weighted by Crippen LogP contribution is 2.31. The van der Waals surface area contributed by atoms with Gasteiger partial charge in [-0.2, -0.15) is 0 Å². The summed E-state index contributed by atoms with van der Waals surface area (Å²) in [7, 11) is 0. The van der Waals surface area contributed by atoms with Crippen molar-refractivity contribution >= 4 is 11.9 Å². The molecular weight excluding hydrogens is 234 g/mol. The van der Waals surface area contributed by atoms with E-state index in [2.05, 4.69) is 10.1 Å². The molecule has 98 valence electrons. The summed E-state index contributed by atoms with van der Waals surface area (Å²) in [6.45, 7) is 2.21. The van der Waals surface area contributed by atoms with E-state index in [1.807, 2.05) is 12.2 Å². The van der Waals surface area contributed by atoms with Crippen LogP contribution in [-0.4, -0.2) is 29.6 Å². The molecule has 0 aromatic heterocycles. The maximum absolute atomic E-state index is 11.0. The van der Waals surface area contributed by atoms with Gasteiger partial charge in [0.25, 0.3) is 5.91 Å². The maximum atomic E-state index is 11.0. The lowest BCUT2D eigenvalue weighted by molar-refractivity contribution is -0.135. The van der Waals surface area contributed by atoms with Crippen molar-refractivity contribution in [3.05, 3.63) is 35.6 Å². The normalized spacial score (nSPS) is 30.5. The molecule has 2 heterocycles. The smallest absolute Gasteiger partial charge is 0.333 e. The lowest BCUT2D eigenvalue weighted by atomic mass is 9.99. The van der Waals surface area contributed by atoms with Gasteiger partial charge in [-0.05, 0) is 19.4 Å². The number of ether oxygens (including phenoxy) is 1. The molecule has 2 atom stereocenters. The molecule has 18 heavy (non-hydrogen) atoms. The fourth-order valence-corrected chi connectivity index (χ4v) is 2.12. The lowest BCUT2D eigenvalue weighted by Crippen LogP contribution is -2.24. The summed E-state index contributed by atoms with van der Waals surface area (Å²) in [5.41, 5.74) is 1.24. The second kappa shape index (κ2) is 5.08. The van der Waals surface area contributed by atoms with E-state index in [1.54, 1.807) is 13.0 Å². The summed E-state index contributed by atoms with van der Waals surface area (Å²) in [5, 5.41) is 11.5. The van der Waals surface area contributed by atoms with E-state index < -0.39 is 0 Å². The highest BCUT2D eigenvalue weighted by atomic mass is 16.5. The zero-order chi connectivity index (χ0) is 13.1. The molecule has 0 spiro atoms. The quantitative estimate of drug-likeness (QED) is 0.294. The number of aliphatic hydroxyl groups is 1. The predicted octanol–water partition coefficient (Wildman–Crippen LogP) is 1.24. The first kappa shape index (κ1) is 12.4. The van der Waals surface area contributed by atoms with Crippen LogP contribution in [0, 0.1) is 5.92 Å². The van der Waals surface area contributed by atoms with Crippen molar-refractivity contribution in [2.45, 2.75) is 19.4 Å². The van der Waals surface area contributed by atoms with Crippen LogP contribution in [0.15, 0.2) is 35.6 Å². The Labute approximate surface area is 106 Å². The van der Waals surface area contributed by atoms with Crippen LogP contribution < -0.4 is 5.32 Å². The molecule has 1 fully saturated rings. The molecule has 0 aromatic carbocycles. The molecule has 1 aliphatic carbocycles. The predicted molar refractivity (Wildman–Crippen MR) is 66.7 cm³/mol. The van der Waals surface area contributed by atoms with Gasteiger partial charge in [-0.15, -0.1) is 0 Å². The molecule has 0 saturated carbocycles. The molecule has 1 amide bonds. The first-order valence-electron chi connectivity index (χ1n) is 5.79. The molecular formula is C13H17NO4. The maximum Gasteiger partial charge on any atom is 0.333 e. The zero-order valence-corrected chi connectivity index (χ0v) is 10.1. The average Bonchev–Trinajstić information content (AvgIpc) is 2.98. The highest BCUT2D eigenvalue weighted by molar-refractivity contribution is 5.97. The summed E-state index contributed by atoms with van der Waals surface area (Å²) < 4.78 is 4.53. The van der Waals surface area contributed by atoms with Gasteiger partial charge in [0.1, 0.15) is 6.61 Å². The molecule has 2 N–H and O–H groups in total. The van der Waals surface area contributed by atoms with Crippen molar-refractivity contribution in [3.63, 3.8) is 0 Å². The SMILES string of the molecule is CC1=CCOC1=O.O=C1N[C@@H]2C=CC[C@@H]2/C1=C\O.[HH]. The molecule has 0 bridgehead atoms. The summed E-state index contributed by atoms with van der Waals surface area (Å²) in [5.74, 6) is -0.139. The Balaban J connectivity index is 0.000000198. The third kappa shape index (κ3) is 2.30. The van der Waals surface area contributed by atoms with Crippen LogP contribution in [0.5, 0.6) is 0 Å². The number of hydrogen-bond donors (Lipinski definition) is 2. The minimum Gasteiger partial charge on any atom is -0.515 e. The van der Waals surface area contributed by atoms with Gasteiger partial charge in [-0.25, -0.2) is 4.79 Å². The Morgan fingerprint density at radius 1 is 1.56 bits per heavy atom. The van der Waals surface area contributed by atoms with E-state index in [-0.39, 0.29) is 25.3 Å². The highest BCUT2D eigenvalue weighted by Gasteiger charge is 2.37. The van der Waals surface area contributed by atoms with Crippen LogP contribution in [0.4, 0.5) is 0 Å². The number of rotatable bonds is 0. The minimum atomic E-state index is -0.181. The first-order chi connectivity index (χ1) is 8.63. The van der Waals surface area contributed by atoms with Gasteiger partial charge in [0.05, 0.1) is 17.9 Å². The van der Waals surface area contributed by atoms with E-state index in [0.717, 1.165) is 18.3 Å². The van der Waals surface area contributed by atoms with Crippen molar-refractivity contribution in [3.8, 4) is 0 Å². The van der Waals surface area contributed by atoms with E-state index >= 15 is 0 Å². The largest absolute Gasteiger partial charge is 0.515 e. The molecule has 5 nitrogen and oxygen atoms in total. The number of aliphatic hydroxyl groups excluding tert-OH is 1. The number of allylic oxidation sites excluding steroid dienone is 1. The van der Waals surface area contributed by atoms with Gasteiger partial charge >= 0.3 is 5.97 Å². The molecule has 3 rings (SSSR count). The van der Waals surface area contributed by atoms with Gasteiger partial charge < -0.3 is 15.2 Å². The molecule has 1 saturated heterocycles. The van der Waals surface area contributed by atoms with Gasteiger partial charge in [0.2, 0.25) is 0 Å². The average molecular weight is 251 g/mol. The fraction of sp³-hybridized carbons (Fsp3) is 0.385. The van der Waals surface area contributed by atoms with Crippen LogP contribution >= 0.6 is 0 Å². The standard InChI is InChI=1S/C8H9NO2.C5H6O2.H2/c10-4-6-5-2-1-3-7(5)9-8(6)11;1-4-2-3-7-5(4)6;/h1,3-5,7,10H,2H2,(H,9,11);2H,3H2,1H3;1H/b6-4+;;/t5-,7-;;/m1../s1. The molecule has 3 aliphatic rings. The number of carbonyl (C=O) groups excluding carboxylic acids is 2. The molecule has 0 radical (unpaired) electrons. The van der Waals surface area contributed by atoms with E-state index in [4.69, 9.17) is 5.11 Å². The van der Waals surface area contributed by atoms with Crippen molar-refractivity contribution in [1.82, 2.24) is 5.32 Å². The second-order valence-corrected chi connectivity index (χ2v) is 4.34. The van der Waals surface area contributed by atoms with Crippen molar-refractivity contribution < 1.29 is 20.9 Å². The molecule has 2 aliphatic heterocycles. The van der Waals surface area contributed by atoms with Crippen molar-refractivity contribution in [1.29, 1.82) is 0 Å². The number of esters is 1. The van der Waals surface area contributed by atoms with Gasteiger partial charge in [0.15, 0.2) is 0 Å². The van der Waals surface area contributed by atoms with Crippen LogP contribution in [-0.2, 0) is 14.3 Å². The Kier molecular flexibility index (Phi) is 3.50. The summed E-state index contributed by atoms with van der Waals surface area (Å²) in [4.78, 5) is 21.3. The third-order valence-electron chi connectivity index (χ3n) is 3.19. The van der Waals surface area contributed by atoms with Gasteiger partial charge in [-0.1, -0.05) is 12.2 Å². The Bertz CT molecular complexity index is 467. The van der Waals surface area contributed by atoms with Crippen LogP contribution in [0.3, 0.4) is 0 Å². The minimum absolute atomic E-state index is 0. The number of cyclic esters (lactones) is 1. The number of hydrogen-bond acceptors (Lipinski definition) is 4.